The summed E-state index contributed by atoms with van der Waals surface area (Å²) in [6.45, 7) is -0.822. The lowest BCUT2D eigenvalue weighted by Crippen LogP contribution is -2.35. The molecule has 0 radical (unpaired) electrons. The largest absolute Gasteiger partial charge is 0.480 e. The van der Waals surface area contributed by atoms with Crippen LogP contribution in [0.15, 0.2) is 64.6 Å². The van der Waals surface area contributed by atoms with Gasteiger partial charge in [-0.15, -0.1) is 0 Å². The maximum absolute atomic E-state index is 13.2. The number of anilines is 1. The Morgan fingerprint density at radius 1 is 1.07 bits per heavy atom. The van der Waals surface area contributed by atoms with Crippen LogP contribution in [0.25, 0.3) is 10.8 Å². The molecular formula is C19H15Cl2N3O5S. The lowest BCUT2D eigenvalue weighted by Gasteiger charge is -2.23. The van der Waals surface area contributed by atoms with E-state index in [0.29, 0.717) is 16.3 Å². The molecule has 3 rings (SSSR count). The number of nitrogens with zero attached hydrogens (tertiary/aromatic N) is 2. The normalized spacial score (nSPS) is 12.1. The summed E-state index contributed by atoms with van der Waals surface area (Å²) in [5.74, 6) is -1.46. The molecule has 30 heavy (non-hydrogen) atoms. The van der Waals surface area contributed by atoms with Gasteiger partial charge in [-0.3, -0.25) is 9.10 Å². The van der Waals surface area contributed by atoms with Crippen molar-refractivity contribution in [3.8, 4) is 0 Å². The fourth-order valence-corrected chi connectivity index (χ4v) is 5.08. The molecule has 0 aliphatic heterocycles. The van der Waals surface area contributed by atoms with Gasteiger partial charge in [0.25, 0.3) is 10.0 Å². The second kappa shape index (κ2) is 8.39. The van der Waals surface area contributed by atoms with Gasteiger partial charge in [-0.1, -0.05) is 52.6 Å². The first-order valence-corrected chi connectivity index (χ1v) is 10.5. The van der Waals surface area contributed by atoms with E-state index in [-0.39, 0.29) is 26.5 Å². The van der Waals surface area contributed by atoms with Crippen molar-refractivity contribution in [1.29, 1.82) is 0 Å². The molecular weight excluding hydrogens is 453 g/mol. The third-order valence-corrected chi connectivity index (χ3v) is 6.43. The topological polar surface area (TPSA) is 133 Å². The van der Waals surface area contributed by atoms with Gasteiger partial charge in [0.2, 0.25) is 0 Å². The first kappa shape index (κ1) is 21.7. The van der Waals surface area contributed by atoms with Gasteiger partial charge in [0.15, 0.2) is 5.84 Å². The van der Waals surface area contributed by atoms with E-state index in [1.165, 1.54) is 30.3 Å². The van der Waals surface area contributed by atoms with Crippen LogP contribution in [0.5, 0.6) is 0 Å². The molecule has 0 atom stereocenters. The number of carboxylic acids is 1. The second-order valence-corrected chi connectivity index (χ2v) is 8.94. The van der Waals surface area contributed by atoms with Crippen LogP contribution in [-0.4, -0.2) is 37.1 Å². The molecule has 4 N–H and O–H groups in total. The highest BCUT2D eigenvalue weighted by Crippen LogP contribution is 2.31. The van der Waals surface area contributed by atoms with Crippen LogP contribution in [0, 0.1) is 0 Å². The molecule has 0 spiro atoms. The summed E-state index contributed by atoms with van der Waals surface area (Å²) < 4.78 is 27.1. The minimum absolute atomic E-state index is 0.0956. The number of fused-ring (bicyclic) bond motifs is 1. The lowest BCUT2D eigenvalue weighted by molar-refractivity contribution is -0.135. The summed E-state index contributed by atoms with van der Waals surface area (Å²) in [5.41, 5.74) is 6.24. The highest BCUT2D eigenvalue weighted by atomic mass is 35.5. The Kier molecular flexibility index (Phi) is 6.06. The Labute approximate surface area is 181 Å². The summed E-state index contributed by atoms with van der Waals surface area (Å²) in [5, 5.41) is 22.6. The van der Waals surface area contributed by atoms with Gasteiger partial charge in [-0.25, -0.2) is 8.42 Å². The van der Waals surface area contributed by atoms with Crippen LogP contribution in [0.1, 0.15) is 5.56 Å². The maximum atomic E-state index is 13.2. The van der Waals surface area contributed by atoms with E-state index in [4.69, 9.17) is 34.1 Å². The quantitative estimate of drug-likeness (QED) is 0.219. The number of sulfonamides is 1. The fourth-order valence-electron chi connectivity index (χ4n) is 2.95. The number of rotatable bonds is 6. The van der Waals surface area contributed by atoms with Crippen molar-refractivity contribution in [3.05, 3.63) is 70.2 Å². The average Bonchev–Trinajstić information content (AvgIpc) is 2.69. The Morgan fingerprint density at radius 2 is 1.73 bits per heavy atom. The Hall–Kier alpha value is -3.01. The van der Waals surface area contributed by atoms with E-state index >= 15 is 0 Å². The van der Waals surface area contributed by atoms with Crippen LogP contribution >= 0.6 is 23.2 Å². The smallest absolute Gasteiger partial charge is 0.324 e. The van der Waals surface area contributed by atoms with Gasteiger partial charge in [0.1, 0.15) is 6.54 Å². The third kappa shape index (κ3) is 4.28. The van der Waals surface area contributed by atoms with Crippen LogP contribution < -0.4 is 10.0 Å². The Balaban J connectivity index is 2.19. The average molecular weight is 468 g/mol. The molecule has 0 saturated carbocycles. The molecule has 0 fully saturated rings. The highest BCUT2D eigenvalue weighted by Gasteiger charge is 2.28. The molecule has 0 aliphatic rings. The molecule has 0 saturated heterocycles. The number of carbonyl (C=O) groups is 1. The fraction of sp³-hybridized carbons (Fsp3) is 0.0526. The first-order chi connectivity index (χ1) is 14.1. The number of hydrogen-bond donors (Lipinski definition) is 3. The van der Waals surface area contributed by atoms with E-state index in [9.17, 15) is 18.3 Å². The molecule has 0 aliphatic carbocycles. The Bertz CT molecular complexity index is 1260. The van der Waals surface area contributed by atoms with Gasteiger partial charge in [-0.2, -0.15) is 0 Å². The van der Waals surface area contributed by atoms with Crippen molar-refractivity contribution in [2.24, 2.45) is 10.9 Å². The molecule has 3 aromatic rings. The van der Waals surface area contributed by atoms with E-state index < -0.39 is 22.5 Å². The number of aliphatic carboxylic acids is 1. The molecule has 0 bridgehead atoms. The van der Waals surface area contributed by atoms with Crippen molar-refractivity contribution >= 4 is 61.5 Å². The Morgan fingerprint density at radius 3 is 2.33 bits per heavy atom. The van der Waals surface area contributed by atoms with Crippen molar-refractivity contribution in [2.45, 2.75) is 4.90 Å². The van der Waals surface area contributed by atoms with Crippen molar-refractivity contribution in [3.63, 3.8) is 0 Å². The zero-order chi connectivity index (χ0) is 22.1. The summed E-state index contributed by atoms with van der Waals surface area (Å²) in [6.07, 6.45) is 0. The summed E-state index contributed by atoms with van der Waals surface area (Å²) in [6, 6.07) is 13.2. The molecule has 0 aromatic heterocycles. The second-order valence-electron chi connectivity index (χ2n) is 6.21. The minimum Gasteiger partial charge on any atom is -0.480 e. The highest BCUT2D eigenvalue weighted by molar-refractivity contribution is 7.92. The number of amidine groups is 1. The standard InChI is InChI=1S/C19H15Cl2N3O5S/c20-12-7-13(21)9-15(8-12)30(28,29)24(10-18(25)26)14-4-5-16-11(6-14)2-1-3-17(16)19(22)23-27/h1-9,27H,10H2,(H2,22,23)(H,25,26). The maximum Gasteiger partial charge on any atom is 0.324 e. The molecule has 0 heterocycles. The van der Waals surface area contributed by atoms with E-state index in [1.807, 2.05) is 0 Å². The van der Waals surface area contributed by atoms with E-state index in [1.54, 1.807) is 24.3 Å². The zero-order valence-electron chi connectivity index (χ0n) is 15.2. The molecule has 8 nitrogen and oxygen atoms in total. The van der Waals surface area contributed by atoms with Gasteiger partial charge in [0, 0.05) is 15.6 Å². The predicted molar refractivity (Wildman–Crippen MR) is 115 cm³/mol. The molecule has 156 valence electrons. The van der Waals surface area contributed by atoms with Crippen LogP contribution in [0.3, 0.4) is 0 Å². The summed E-state index contributed by atoms with van der Waals surface area (Å²) >= 11 is 11.8. The van der Waals surface area contributed by atoms with Gasteiger partial charge >= 0.3 is 5.97 Å². The van der Waals surface area contributed by atoms with E-state index in [2.05, 4.69) is 5.16 Å². The molecule has 0 amide bonds. The first-order valence-electron chi connectivity index (χ1n) is 8.35. The van der Waals surface area contributed by atoms with E-state index in [0.717, 1.165) is 4.31 Å². The van der Waals surface area contributed by atoms with Crippen LogP contribution in [0.4, 0.5) is 5.69 Å². The van der Waals surface area contributed by atoms with Crippen LogP contribution in [-0.2, 0) is 14.8 Å². The van der Waals surface area contributed by atoms with Crippen molar-refractivity contribution in [1.82, 2.24) is 0 Å². The SMILES string of the molecule is NC(=NO)c1cccc2cc(N(CC(=O)O)S(=O)(=O)c3cc(Cl)cc(Cl)c3)ccc12. The number of oxime groups is 1. The van der Waals surface area contributed by atoms with Crippen molar-refractivity contribution < 1.29 is 23.5 Å². The van der Waals surface area contributed by atoms with Gasteiger partial charge < -0.3 is 16.0 Å². The van der Waals surface area contributed by atoms with Gasteiger partial charge in [-0.05, 0) is 41.1 Å². The monoisotopic (exact) mass is 467 g/mol. The zero-order valence-corrected chi connectivity index (χ0v) is 17.5. The number of benzene rings is 3. The number of halogens is 2. The number of nitrogens with two attached hydrogens (primary N) is 1. The van der Waals surface area contributed by atoms with Crippen LogP contribution in [0.2, 0.25) is 10.0 Å². The minimum atomic E-state index is -4.30. The van der Waals surface area contributed by atoms with Crippen molar-refractivity contribution in [2.75, 3.05) is 10.8 Å². The molecule has 11 heteroatoms. The predicted octanol–water partition coefficient (Wildman–Crippen LogP) is 3.52. The number of hydrogen-bond acceptors (Lipinski definition) is 5. The number of carboxylic acid groups (broad SMARTS) is 1. The molecule has 3 aromatic carbocycles. The third-order valence-electron chi connectivity index (χ3n) is 4.24. The lowest BCUT2D eigenvalue weighted by atomic mass is 10.0. The molecule has 0 unspecified atom stereocenters. The van der Waals surface area contributed by atoms with Gasteiger partial charge in [0.05, 0.1) is 10.6 Å². The summed E-state index contributed by atoms with van der Waals surface area (Å²) in [4.78, 5) is 11.2. The summed E-state index contributed by atoms with van der Waals surface area (Å²) in [7, 11) is -4.30.